The van der Waals surface area contributed by atoms with E-state index in [1.807, 2.05) is 18.7 Å². The van der Waals surface area contributed by atoms with Gasteiger partial charge in [-0.15, -0.1) is 0 Å². The van der Waals surface area contributed by atoms with Crippen molar-refractivity contribution >= 4 is 22.4 Å². The van der Waals surface area contributed by atoms with Gasteiger partial charge in [-0.3, -0.25) is 10.1 Å². The molecule has 22 heavy (non-hydrogen) atoms. The van der Waals surface area contributed by atoms with Gasteiger partial charge >= 0.3 is 0 Å². The molecule has 0 atom stereocenters. The van der Waals surface area contributed by atoms with E-state index in [2.05, 4.69) is 4.98 Å². The average molecular weight is 306 g/mol. The molecule has 118 valence electrons. The van der Waals surface area contributed by atoms with Crippen molar-refractivity contribution in [3.8, 4) is 0 Å². The van der Waals surface area contributed by atoms with Crippen LogP contribution >= 0.6 is 0 Å². The highest BCUT2D eigenvalue weighted by molar-refractivity contribution is 5.95. The molecule has 1 saturated heterocycles. The number of aryl methyl sites for hydroxylation is 1. The molecule has 0 spiro atoms. The number of aromatic nitrogens is 2. The minimum atomic E-state index is -0.591. The molecule has 0 bridgehead atoms. The van der Waals surface area contributed by atoms with Gasteiger partial charge in [-0.2, -0.15) is 0 Å². The first kappa shape index (κ1) is 14.7. The molecule has 0 unspecified atom stereocenters. The van der Waals surface area contributed by atoms with Crippen LogP contribution in [0, 0.1) is 15.9 Å². The molecule has 1 fully saturated rings. The Balaban J connectivity index is 2.37. The fraction of sp³-hybridized carbons (Fsp3) is 0.533. The lowest BCUT2D eigenvalue weighted by Crippen LogP contribution is -2.19. The van der Waals surface area contributed by atoms with Crippen molar-refractivity contribution in [3.05, 3.63) is 27.8 Å². The molecule has 0 aliphatic carbocycles. The number of hydrogen-bond acceptors (Lipinski definition) is 4. The van der Waals surface area contributed by atoms with E-state index < -0.39 is 10.7 Å². The number of nitrogens with zero attached hydrogens (tertiary/aromatic N) is 4. The van der Waals surface area contributed by atoms with Crippen LogP contribution in [0.1, 0.15) is 38.4 Å². The predicted octanol–water partition coefficient (Wildman–Crippen LogP) is 3.34. The number of hydrogen-bond donors (Lipinski definition) is 0. The van der Waals surface area contributed by atoms with Crippen molar-refractivity contribution in [2.24, 2.45) is 7.05 Å². The summed E-state index contributed by atoms with van der Waals surface area (Å²) in [5, 5.41) is 11.4. The zero-order valence-electron chi connectivity index (χ0n) is 13.0. The van der Waals surface area contributed by atoms with Gasteiger partial charge in [0.2, 0.25) is 0 Å². The Morgan fingerprint density at radius 2 is 2.00 bits per heavy atom. The van der Waals surface area contributed by atoms with Crippen molar-refractivity contribution in [1.29, 1.82) is 0 Å². The van der Waals surface area contributed by atoms with Gasteiger partial charge in [-0.25, -0.2) is 9.37 Å². The van der Waals surface area contributed by atoms with E-state index in [4.69, 9.17) is 0 Å². The number of fused-ring (bicyclic) bond motifs is 1. The average Bonchev–Trinajstić information content (AvgIpc) is 3.06. The first-order valence-electron chi connectivity index (χ1n) is 7.50. The second kappa shape index (κ2) is 5.23. The molecule has 1 aliphatic rings. The molecular weight excluding hydrogens is 287 g/mol. The quantitative estimate of drug-likeness (QED) is 0.644. The smallest absolute Gasteiger partial charge is 0.297 e. The van der Waals surface area contributed by atoms with Crippen LogP contribution in [0.25, 0.3) is 11.0 Å². The Hall–Kier alpha value is -2.18. The molecule has 1 aliphatic heterocycles. The first-order chi connectivity index (χ1) is 10.4. The second-order valence-corrected chi connectivity index (χ2v) is 6.06. The van der Waals surface area contributed by atoms with Gasteiger partial charge in [-0.05, 0) is 12.8 Å². The highest BCUT2D eigenvalue weighted by Crippen LogP contribution is 2.39. The maximum Gasteiger partial charge on any atom is 0.297 e. The summed E-state index contributed by atoms with van der Waals surface area (Å²) in [6, 6.07) is 1.03. The van der Waals surface area contributed by atoms with Crippen LogP contribution < -0.4 is 4.90 Å². The molecule has 6 nitrogen and oxygen atoms in total. The zero-order chi connectivity index (χ0) is 16.0. The Kier molecular flexibility index (Phi) is 3.50. The summed E-state index contributed by atoms with van der Waals surface area (Å²) in [6.07, 6.45) is 1.97. The van der Waals surface area contributed by atoms with E-state index >= 15 is 0 Å². The molecule has 1 aromatic carbocycles. The summed E-state index contributed by atoms with van der Waals surface area (Å²) in [5.74, 6) is 0.253. The van der Waals surface area contributed by atoms with Gasteiger partial charge in [0, 0.05) is 26.1 Å². The van der Waals surface area contributed by atoms with Crippen molar-refractivity contribution in [1.82, 2.24) is 9.55 Å². The maximum absolute atomic E-state index is 14.4. The van der Waals surface area contributed by atoms with Crippen LogP contribution in [0.15, 0.2) is 6.07 Å². The lowest BCUT2D eigenvalue weighted by Gasteiger charge is -2.18. The van der Waals surface area contributed by atoms with Crippen LogP contribution in [0.5, 0.6) is 0 Å². The number of benzene rings is 1. The molecular formula is C15H19FN4O2. The fourth-order valence-electron chi connectivity index (χ4n) is 3.24. The summed E-state index contributed by atoms with van der Waals surface area (Å²) < 4.78 is 16.1. The third kappa shape index (κ3) is 2.12. The van der Waals surface area contributed by atoms with Crippen molar-refractivity contribution in [2.75, 3.05) is 18.0 Å². The summed E-state index contributed by atoms with van der Waals surface area (Å²) in [5.41, 5.74) is 1.01. The Labute approximate surface area is 127 Å². The minimum Gasteiger partial charge on any atom is -0.364 e. The molecule has 7 heteroatoms. The van der Waals surface area contributed by atoms with Crippen molar-refractivity contribution < 1.29 is 9.31 Å². The summed E-state index contributed by atoms with van der Waals surface area (Å²) in [6.45, 7) is 5.44. The molecule has 0 amide bonds. The summed E-state index contributed by atoms with van der Waals surface area (Å²) in [4.78, 5) is 17.4. The van der Waals surface area contributed by atoms with E-state index in [9.17, 15) is 14.5 Å². The zero-order valence-corrected chi connectivity index (χ0v) is 13.0. The van der Waals surface area contributed by atoms with Crippen LogP contribution in [-0.2, 0) is 7.05 Å². The largest absolute Gasteiger partial charge is 0.364 e. The molecule has 1 aromatic heterocycles. The number of halogens is 1. The standard InChI is InChI=1S/C15H19FN4O2/c1-9(2)15-17-12-13(18(15)3)10(16)8-11(20(21)22)14(12)19-6-4-5-7-19/h8-9H,4-7H2,1-3H3. The Morgan fingerprint density at radius 3 is 2.55 bits per heavy atom. The van der Waals surface area contributed by atoms with Crippen LogP contribution in [0.3, 0.4) is 0 Å². The SMILES string of the molecule is CC(C)c1nc2c(N3CCCC3)c([N+](=O)[O-])cc(F)c2n1C. The van der Waals surface area contributed by atoms with Crippen LogP contribution in [0.2, 0.25) is 0 Å². The van der Waals surface area contributed by atoms with Gasteiger partial charge in [0.25, 0.3) is 5.69 Å². The number of imidazole rings is 1. The van der Waals surface area contributed by atoms with E-state index in [0.717, 1.165) is 37.8 Å². The van der Waals surface area contributed by atoms with E-state index in [0.29, 0.717) is 16.7 Å². The van der Waals surface area contributed by atoms with Crippen LogP contribution in [0.4, 0.5) is 15.8 Å². The van der Waals surface area contributed by atoms with Gasteiger partial charge in [-0.1, -0.05) is 13.8 Å². The fourth-order valence-corrected chi connectivity index (χ4v) is 3.24. The molecule has 0 saturated carbocycles. The van der Waals surface area contributed by atoms with E-state index in [1.165, 1.54) is 0 Å². The summed E-state index contributed by atoms with van der Waals surface area (Å²) in [7, 11) is 1.76. The van der Waals surface area contributed by atoms with E-state index in [-0.39, 0.29) is 11.6 Å². The lowest BCUT2D eigenvalue weighted by molar-refractivity contribution is -0.384. The van der Waals surface area contributed by atoms with Crippen molar-refractivity contribution in [3.63, 3.8) is 0 Å². The van der Waals surface area contributed by atoms with E-state index in [1.54, 1.807) is 11.6 Å². The van der Waals surface area contributed by atoms with Gasteiger partial charge in [0.05, 0.1) is 11.0 Å². The Bertz CT molecular complexity index is 748. The Morgan fingerprint density at radius 1 is 1.36 bits per heavy atom. The van der Waals surface area contributed by atoms with Crippen molar-refractivity contribution in [2.45, 2.75) is 32.6 Å². The molecule has 2 heterocycles. The third-order valence-electron chi connectivity index (χ3n) is 4.22. The highest BCUT2D eigenvalue weighted by Gasteiger charge is 2.30. The topological polar surface area (TPSA) is 64.2 Å². The highest BCUT2D eigenvalue weighted by atomic mass is 19.1. The minimum absolute atomic E-state index is 0.113. The number of anilines is 1. The second-order valence-electron chi connectivity index (χ2n) is 6.06. The van der Waals surface area contributed by atoms with Gasteiger partial charge < -0.3 is 9.47 Å². The number of nitro groups is 1. The van der Waals surface area contributed by atoms with Gasteiger partial charge in [0.1, 0.15) is 22.5 Å². The molecule has 3 rings (SSSR count). The third-order valence-corrected chi connectivity index (χ3v) is 4.22. The van der Waals surface area contributed by atoms with Crippen LogP contribution in [-0.4, -0.2) is 27.6 Å². The maximum atomic E-state index is 14.4. The molecule has 0 radical (unpaired) electrons. The number of rotatable bonds is 3. The summed E-state index contributed by atoms with van der Waals surface area (Å²) >= 11 is 0. The number of nitro benzene ring substituents is 1. The van der Waals surface area contributed by atoms with Gasteiger partial charge in [0.15, 0.2) is 5.82 Å². The first-order valence-corrected chi connectivity index (χ1v) is 7.50. The monoisotopic (exact) mass is 306 g/mol. The predicted molar refractivity (Wildman–Crippen MR) is 82.9 cm³/mol. The molecule has 2 aromatic rings. The lowest BCUT2D eigenvalue weighted by atomic mass is 10.2. The normalized spacial score (nSPS) is 15.2. The molecule has 0 N–H and O–H groups in total.